The molecule has 2 heterocycles. The number of nitrogens with one attached hydrogen (secondary N) is 2. The van der Waals surface area contributed by atoms with Crippen LogP contribution < -0.4 is 15.8 Å². The topological polar surface area (TPSA) is 85.5 Å². The summed E-state index contributed by atoms with van der Waals surface area (Å²) in [6, 6.07) is 10.2. The lowest BCUT2D eigenvalue weighted by Gasteiger charge is -2.36. The quantitative estimate of drug-likeness (QED) is 0.882. The highest BCUT2D eigenvalue weighted by Gasteiger charge is 2.22. The van der Waals surface area contributed by atoms with Crippen LogP contribution in [0.25, 0.3) is 0 Å². The van der Waals surface area contributed by atoms with Gasteiger partial charge in [0.1, 0.15) is 0 Å². The minimum atomic E-state index is -0.167. The molecule has 1 aliphatic heterocycles. The lowest BCUT2D eigenvalue weighted by molar-refractivity contribution is -0.114. The van der Waals surface area contributed by atoms with Crippen LogP contribution in [0, 0.1) is 0 Å². The number of benzene rings is 1. The average Bonchev–Trinajstić information content (AvgIpc) is 2.62. The van der Waals surface area contributed by atoms with Crippen molar-refractivity contribution >= 4 is 23.2 Å². The van der Waals surface area contributed by atoms with Crippen LogP contribution in [0.1, 0.15) is 17.3 Å². The van der Waals surface area contributed by atoms with E-state index in [0.717, 1.165) is 5.69 Å². The molecule has 0 radical (unpaired) electrons. The standard InChI is InChI=1S/C18H20N4O3/c1-13(23)20-15-4-2-3-14(11-15)18(25)22-9-7-21(8-10-22)16-5-6-17(24)19-12-16/h2-6,11-12H,7-10H2,1H3,(H,19,24)(H,20,23). The van der Waals surface area contributed by atoms with Crippen molar-refractivity contribution in [2.24, 2.45) is 0 Å². The lowest BCUT2D eigenvalue weighted by atomic mass is 10.1. The second-order valence-electron chi connectivity index (χ2n) is 5.95. The third-order valence-corrected chi connectivity index (χ3v) is 4.13. The monoisotopic (exact) mass is 340 g/mol. The van der Waals surface area contributed by atoms with Crippen LogP contribution in [0.5, 0.6) is 0 Å². The van der Waals surface area contributed by atoms with Gasteiger partial charge in [-0.15, -0.1) is 0 Å². The number of piperazine rings is 1. The zero-order valence-electron chi connectivity index (χ0n) is 14.0. The van der Waals surface area contributed by atoms with Gasteiger partial charge in [-0.05, 0) is 24.3 Å². The minimum Gasteiger partial charge on any atom is -0.367 e. The summed E-state index contributed by atoms with van der Waals surface area (Å²) in [5, 5.41) is 2.69. The summed E-state index contributed by atoms with van der Waals surface area (Å²) in [4.78, 5) is 41.6. The highest BCUT2D eigenvalue weighted by atomic mass is 16.2. The Balaban J connectivity index is 1.64. The number of hydrogen-bond donors (Lipinski definition) is 2. The molecular weight excluding hydrogens is 320 g/mol. The van der Waals surface area contributed by atoms with Crippen molar-refractivity contribution in [1.29, 1.82) is 0 Å². The van der Waals surface area contributed by atoms with Gasteiger partial charge in [0.25, 0.3) is 5.91 Å². The fraction of sp³-hybridized carbons (Fsp3) is 0.278. The normalized spacial score (nSPS) is 14.3. The Kier molecular flexibility index (Phi) is 4.83. The number of aromatic amines is 1. The molecule has 1 aromatic heterocycles. The van der Waals surface area contributed by atoms with Crippen LogP contribution in [0.4, 0.5) is 11.4 Å². The minimum absolute atomic E-state index is 0.0479. The SMILES string of the molecule is CC(=O)Nc1cccc(C(=O)N2CCN(c3ccc(=O)[nH]c3)CC2)c1. The van der Waals surface area contributed by atoms with Gasteiger partial charge >= 0.3 is 0 Å². The Hall–Kier alpha value is -3.09. The van der Waals surface area contributed by atoms with Gasteiger partial charge < -0.3 is 20.1 Å². The number of rotatable bonds is 3. The van der Waals surface area contributed by atoms with E-state index in [4.69, 9.17) is 0 Å². The molecule has 3 rings (SSSR count). The van der Waals surface area contributed by atoms with Crippen molar-refractivity contribution in [3.63, 3.8) is 0 Å². The Morgan fingerprint density at radius 3 is 2.48 bits per heavy atom. The molecular formula is C18H20N4O3. The molecule has 1 aliphatic rings. The summed E-state index contributed by atoms with van der Waals surface area (Å²) in [6.45, 7) is 4.03. The van der Waals surface area contributed by atoms with Gasteiger partial charge in [0.05, 0.1) is 5.69 Å². The van der Waals surface area contributed by atoms with Crippen molar-refractivity contribution in [3.8, 4) is 0 Å². The number of nitrogens with zero attached hydrogens (tertiary/aromatic N) is 2. The first-order valence-corrected chi connectivity index (χ1v) is 8.13. The molecule has 7 nitrogen and oxygen atoms in total. The predicted molar refractivity (Wildman–Crippen MR) is 95.9 cm³/mol. The van der Waals surface area contributed by atoms with E-state index in [2.05, 4.69) is 15.2 Å². The molecule has 2 N–H and O–H groups in total. The van der Waals surface area contributed by atoms with Crippen molar-refractivity contribution in [1.82, 2.24) is 9.88 Å². The first-order valence-electron chi connectivity index (χ1n) is 8.13. The lowest BCUT2D eigenvalue weighted by Crippen LogP contribution is -2.48. The Morgan fingerprint density at radius 1 is 1.08 bits per heavy atom. The number of amides is 2. The van der Waals surface area contributed by atoms with Gasteiger partial charge in [-0.3, -0.25) is 14.4 Å². The second kappa shape index (κ2) is 7.21. The molecule has 2 aromatic rings. The molecule has 0 saturated carbocycles. The highest BCUT2D eigenvalue weighted by molar-refractivity contribution is 5.97. The zero-order valence-corrected chi connectivity index (χ0v) is 14.0. The maximum Gasteiger partial charge on any atom is 0.254 e. The van der Waals surface area contributed by atoms with Crippen molar-refractivity contribution in [3.05, 3.63) is 58.5 Å². The molecule has 25 heavy (non-hydrogen) atoms. The summed E-state index contributed by atoms with van der Waals surface area (Å²) in [5.74, 6) is -0.215. The van der Waals surface area contributed by atoms with Gasteiger partial charge in [-0.2, -0.15) is 0 Å². The number of anilines is 2. The van der Waals surface area contributed by atoms with Crippen molar-refractivity contribution in [2.75, 3.05) is 36.4 Å². The Bertz CT molecular complexity index is 818. The van der Waals surface area contributed by atoms with Crippen molar-refractivity contribution < 1.29 is 9.59 Å². The van der Waals surface area contributed by atoms with E-state index < -0.39 is 0 Å². The third kappa shape index (κ3) is 4.06. The fourth-order valence-electron chi connectivity index (χ4n) is 2.88. The zero-order chi connectivity index (χ0) is 17.8. The molecule has 1 fully saturated rings. The molecule has 2 amide bonds. The van der Waals surface area contributed by atoms with Crippen molar-refractivity contribution in [2.45, 2.75) is 6.92 Å². The summed E-state index contributed by atoms with van der Waals surface area (Å²) < 4.78 is 0. The van der Waals surface area contributed by atoms with Crippen LogP contribution in [0.2, 0.25) is 0 Å². The Labute approximate surface area is 145 Å². The number of pyridine rings is 1. The summed E-state index contributed by atoms with van der Waals surface area (Å²) in [7, 11) is 0. The van der Waals surface area contributed by atoms with E-state index in [9.17, 15) is 14.4 Å². The van der Waals surface area contributed by atoms with E-state index in [1.807, 2.05) is 0 Å². The number of H-pyrrole nitrogens is 1. The second-order valence-corrected chi connectivity index (χ2v) is 5.95. The van der Waals surface area contributed by atoms with Crippen LogP contribution in [-0.4, -0.2) is 47.9 Å². The van der Waals surface area contributed by atoms with Gasteiger partial charge in [0.2, 0.25) is 11.5 Å². The van der Waals surface area contributed by atoms with Gasteiger partial charge in [0.15, 0.2) is 0 Å². The van der Waals surface area contributed by atoms with Gasteiger partial charge in [-0.25, -0.2) is 0 Å². The van der Waals surface area contributed by atoms with Crippen LogP contribution in [0.15, 0.2) is 47.4 Å². The maximum absolute atomic E-state index is 12.7. The van der Waals surface area contributed by atoms with Crippen LogP contribution in [0.3, 0.4) is 0 Å². The maximum atomic E-state index is 12.7. The fourth-order valence-corrected chi connectivity index (χ4v) is 2.88. The predicted octanol–water partition coefficient (Wildman–Crippen LogP) is 1.30. The van der Waals surface area contributed by atoms with Crippen LogP contribution in [-0.2, 0) is 4.79 Å². The van der Waals surface area contributed by atoms with Crippen LogP contribution >= 0.6 is 0 Å². The summed E-state index contributed by atoms with van der Waals surface area (Å²) in [5.41, 5.74) is 1.99. The average molecular weight is 340 g/mol. The molecule has 0 aliphatic carbocycles. The highest BCUT2D eigenvalue weighted by Crippen LogP contribution is 2.17. The van der Waals surface area contributed by atoms with E-state index in [1.54, 1.807) is 41.4 Å². The number of hydrogen-bond acceptors (Lipinski definition) is 4. The van der Waals surface area contributed by atoms with E-state index in [-0.39, 0.29) is 17.4 Å². The first-order chi connectivity index (χ1) is 12.0. The van der Waals surface area contributed by atoms with E-state index >= 15 is 0 Å². The molecule has 1 saturated heterocycles. The van der Waals surface area contributed by atoms with E-state index in [0.29, 0.717) is 37.4 Å². The van der Waals surface area contributed by atoms with Gasteiger partial charge in [-0.1, -0.05) is 6.07 Å². The third-order valence-electron chi connectivity index (χ3n) is 4.13. The molecule has 130 valence electrons. The number of carbonyl (C=O) groups excluding carboxylic acids is 2. The molecule has 0 atom stereocenters. The Morgan fingerprint density at radius 2 is 1.84 bits per heavy atom. The number of aromatic nitrogens is 1. The smallest absolute Gasteiger partial charge is 0.254 e. The summed E-state index contributed by atoms with van der Waals surface area (Å²) in [6.07, 6.45) is 1.69. The molecule has 0 bridgehead atoms. The molecule has 7 heteroatoms. The molecule has 0 unspecified atom stereocenters. The first kappa shape index (κ1) is 16.8. The molecule has 1 aromatic carbocycles. The van der Waals surface area contributed by atoms with Gasteiger partial charge in [0, 0.05) is 56.6 Å². The summed E-state index contributed by atoms with van der Waals surface area (Å²) >= 11 is 0. The largest absolute Gasteiger partial charge is 0.367 e. The van der Waals surface area contributed by atoms with E-state index in [1.165, 1.54) is 13.0 Å². The number of carbonyl (C=O) groups is 2. The molecule has 0 spiro atoms.